The van der Waals surface area contributed by atoms with Gasteiger partial charge in [-0.15, -0.1) is 11.3 Å². The Morgan fingerprint density at radius 1 is 1.59 bits per heavy atom. The Kier molecular flexibility index (Phi) is 4.17. The summed E-state index contributed by atoms with van der Waals surface area (Å²) in [7, 11) is 2.23. The SMILES string of the molecule is CCC1(CN(C)Cc2scnc2C)CCNC1. The first-order chi connectivity index (χ1) is 8.15. The average Bonchev–Trinajstić information content (AvgIpc) is 2.90. The van der Waals surface area contributed by atoms with Crippen LogP contribution in [0.25, 0.3) is 0 Å². The van der Waals surface area contributed by atoms with Crippen molar-refractivity contribution in [2.24, 2.45) is 5.41 Å². The van der Waals surface area contributed by atoms with Crippen LogP contribution in [-0.4, -0.2) is 36.6 Å². The molecule has 1 atom stereocenters. The number of thiazole rings is 1. The van der Waals surface area contributed by atoms with Crippen LogP contribution in [-0.2, 0) is 6.54 Å². The summed E-state index contributed by atoms with van der Waals surface area (Å²) < 4.78 is 0. The first kappa shape index (κ1) is 13.0. The van der Waals surface area contributed by atoms with Crippen LogP contribution in [0.5, 0.6) is 0 Å². The number of aryl methyl sites for hydroxylation is 1. The van der Waals surface area contributed by atoms with Crippen LogP contribution >= 0.6 is 11.3 Å². The lowest BCUT2D eigenvalue weighted by Crippen LogP contribution is -2.36. The number of rotatable bonds is 5. The second-order valence-electron chi connectivity index (χ2n) is 5.31. The molecule has 1 saturated heterocycles. The van der Waals surface area contributed by atoms with Crippen molar-refractivity contribution < 1.29 is 0 Å². The summed E-state index contributed by atoms with van der Waals surface area (Å²) in [4.78, 5) is 8.18. The van der Waals surface area contributed by atoms with E-state index >= 15 is 0 Å². The number of hydrogen-bond donors (Lipinski definition) is 1. The summed E-state index contributed by atoms with van der Waals surface area (Å²) in [5.74, 6) is 0. The molecule has 3 nitrogen and oxygen atoms in total. The van der Waals surface area contributed by atoms with E-state index in [0.717, 1.165) is 6.54 Å². The summed E-state index contributed by atoms with van der Waals surface area (Å²) >= 11 is 1.77. The fourth-order valence-electron chi connectivity index (χ4n) is 2.70. The van der Waals surface area contributed by atoms with E-state index in [0.29, 0.717) is 5.41 Å². The van der Waals surface area contributed by atoms with Crippen LogP contribution in [0.1, 0.15) is 30.3 Å². The molecule has 1 aromatic rings. The van der Waals surface area contributed by atoms with Crippen molar-refractivity contribution in [3.8, 4) is 0 Å². The second kappa shape index (κ2) is 5.46. The average molecular weight is 253 g/mol. The fraction of sp³-hybridized carbons (Fsp3) is 0.769. The highest BCUT2D eigenvalue weighted by molar-refractivity contribution is 7.09. The van der Waals surface area contributed by atoms with E-state index in [4.69, 9.17) is 0 Å². The third-order valence-electron chi connectivity index (χ3n) is 3.95. The smallest absolute Gasteiger partial charge is 0.0798 e. The van der Waals surface area contributed by atoms with Gasteiger partial charge in [-0.25, -0.2) is 4.98 Å². The Balaban J connectivity index is 1.92. The number of aromatic nitrogens is 1. The van der Waals surface area contributed by atoms with Gasteiger partial charge < -0.3 is 10.2 Å². The highest BCUT2D eigenvalue weighted by Crippen LogP contribution is 2.30. The van der Waals surface area contributed by atoms with Crippen LogP contribution in [0.15, 0.2) is 5.51 Å². The van der Waals surface area contributed by atoms with Gasteiger partial charge in [0.1, 0.15) is 0 Å². The molecule has 0 aromatic carbocycles. The van der Waals surface area contributed by atoms with Crippen molar-refractivity contribution in [3.63, 3.8) is 0 Å². The Hall–Kier alpha value is -0.450. The molecular weight excluding hydrogens is 230 g/mol. The fourth-order valence-corrected chi connectivity index (χ4v) is 3.55. The summed E-state index contributed by atoms with van der Waals surface area (Å²) in [5.41, 5.74) is 3.63. The van der Waals surface area contributed by atoms with Crippen molar-refractivity contribution in [2.75, 3.05) is 26.7 Å². The highest BCUT2D eigenvalue weighted by Gasteiger charge is 2.32. The van der Waals surface area contributed by atoms with Gasteiger partial charge in [-0.1, -0.05) is 6.92 Å². The normalized spacial score (nSPS) is 24.7. The third kappa shape index (κ3) is 3.06. The lowest BCUT2D eigenvalue weighted by molar-refractivity contribution is 0.180. The Morgan fingerprint density at radius 2 is 2.41 bits per heavy atom. The summed E-state index contributed by atoms with van der Waals surface area (Å²) in [6.45, 7) is 9.01. The van der Waals surface area contributed by atoms with Gasteiger partial charge in [0, 0.05) is 24.5 Å². The van der Waals surface area contributed by atoms with Crippen molar-refractivity contribution in [1.29, 1.82) is 0 Å². The van der Waals surface area contributed by atoms with Gasteiger partial charge in [-0.05, 0) is 38.8 Å². The maximum atomic E-state index is 4.32. The minimum Gasteiger partial charge on any atom is -0.316 e. The Bertz CT molecular complexity index is 355. The molecule has 1 fully saturated rings. The summed E-state index contributed by atoms with van der Waals surface area (Å²) in [6.07, 6.45) is 2.58. The van der Waals surface area contributed by atoms with Gasteiger partial charge in [0.25, 0.3) is 0 Å². The van der Waals surface area contributed by atoms with E-state index in [1.807, 2.05) is 5.51 Å². The first-order valence-electron chi connectivity index (χ1n) is 6.43. The zero-order chi connectivity index (χ0) is 12.3. The topological polar surface area (TPSA) is 28.2 Å². The Morgan fingerprint density at radius 3 is 2.94 bits per heavy atom. The van der Waals surface area contributed by atoms with Crippen molar-refractivity contribution >= 4 is 11.3 Å². The molecule has 1 unspecified atom stereocenters. The van der Waals surface area contributed by atoms with E-state index < -0.39 is 0 Å². The van der Waals surface area contributed by atoms with Crippen LogP contribution in [0.3, 0.4) is 0 Å². The molecule has 0 saturated carbocycles. The van der Waals surface area contributed by atoms with Gasteiger partial charge in [-0.2, -0.15) is 0 Å². The first-order valence-corrected chi connectivity index (χ1v) is 7.31. The lowest BCUT2D eigenvalue weighted by atomic mass is 9.84. The zero-order valence-electron chi connectivity index (χ0n) is 11.1. The maximum Gasteiger partial charge on any atom is 0.0798 e. The summed E-state index contributed by atoms with van der Waals surface area (Å²) in [6, 6.07) is 0. The van der Waals surface area contributed by atoms with Crippen LogP contribution in [0.4, 0.5) is 0 Å². The van der Waals surface area contributed by atoms with Crippen molar-refractivity contribution in [3.05, 3.63) is 16.1 Å². The molecule has 1 aliphatic rings. The van der Waals surface area contributed by atoms with E-state index in [9.17, 15) is 0 Å². The lowest BCUT2D eigenvalue weighted by Gasteiger charge is -2.31. The molecule has 96 valence electrons. The van der Waals surface area contributed by atoms with E-state index in [1.165, 1.54) is 43.0 Å². The van der Waals surface area contributed by atoms with Crippen molar-refractivity contribution in [1.82, 2.24) is 15.2 Å². The van der Waals surface area contributed by atoms with E-state index in [-0.39, 0.29) is 0 Å². The molecular formula is C13H23N3S. The quantitative estimate of drug-likeness (QED) is 0.872. The van der Waals surface area contributed by atoms with E-state index in [2.05, 4.69) is 36.1 Å². The predicted molar refractivity (Wildman–Crippen MR) is 73.4 cm³/mol. The molecule has 0 radical (unpaired) electrons. The minimum absolute atomic E-state index is 0.493. The number of nitrogens with one attached hydrogen (secondary N) is 1. The van der Waals surface area contributed by atoms with Gasteiger partial charge in [0.2, 0.25) is 0 Å². The molecule has 0 aliphatic carbocycles. The zero-order valence-corrected chi connectivity index (χ0v) is 11.9. The molecule has 4 heteroatoms. The molecule has 1 N–H and O–H groups in total. The van der Waals surface area contributed by atoms with Gasteiger partial charge >= 0.3 is 0 Å². The van der Waals surface area contributed by atoms with Gasteiger partial charge in [-0.3, -0.25) is 0 Å². The molecule has 1 aliphatic heterocycles. The minimum atomic E-state index is 0.493. The number of nitrogens with zero attached hydrogens (tertiary/aromatic N) is 2. The predicted octanol–water partition coefficient (Wildman–Crippen LogP) is 2.27. The molecule has 1 aromatic heterocycles. The number of hydrogen-bond acceptors (Lipinski definition) is 4. The highest BCUT2D eigenvalue weighted by atomic mass is 32.1. The molecule has 2 heterocycles. The molecule has 0 amide bonds. The van der Waals surface area contributed by atoms with Gasteiger partial charge in [0.05, 0.1) is 11.2 Å². The monoisotopic (exact) mass is 253 g/mol. The van der Waals surface area contributed by atoms with Crippen LogP contribution in [0.2, 0.25) is 0 Å². The molecule has 17 heavy (non-hydrogen) atoms. The van der Waals surface area contributed by atoms with Crippen LogP contribution < -0.4 is 5.32 Å². The largest absolute Gasteiger partial charge is 0.316 e. The molecule has 0 spiro atoms. The Labute approximate surface area is 108 Å². The second-order valence-corrected chi connectivity index (χ2v) is 6.25. The van der Waals surface area contributed by atoms with Gasteiger partial charge in [0.15, 0.2) is 0 Å². The van der Waals surface area contributed by atoms with E-state index in [1.54, 1.807) is 11.3 Å². The van der Waals surface area contributed by atoms with Crippen molar-refractivity contribution in [2.45, 2.75) is 33.2 Å². The molecule has 0 bridgehead atoms. The summed E-state index contributed by atoms with van der Waals surface area (Å²) in [5, 5.41) is 3.50. The maximum absolute atomic E-state index is 4.32. The third-order valence-corrected chi connectivity index (χ3v) is 4.87. The molecule has 2 rings (SSSR count). The van der Waals surface area contributed by atoms with Crippen LogP contribution in [0, 0.1) is 12.3 Å². The standard InChI is InChI=1S/C13H23N3S/c1-4-13(5-6-14-8-13)9-16(3)7-12-11(2)15-10-17-12/h10,14H,4-9H2,1-3H3.